The number of hydrogen-bond donors (Lipinski definition) is 1. The van der Waals surface area contributed by atoms with Gasteiger partial charge in [0.25, 0.3) is 0 Å². The molecule has 2 atom stereocenters. The summed E-state index contributed by atoms with van der Waals surface area (Å²) in [5.74, 6) is 1.80. The van der Waals surface area contributed by atoms with Gasteiger partial charge in [-0.25, -0.2) is 0 Å². The highest BCUT2D eigenvalue weighted by molar-refractivity contribution is 6.31. The van der Waals surface area contributed by atoms with E-state index in [4.69, 9.17) is 16.3 Å². The lowest BCUT2D eigenvalue weighted by Crippen LogP contribution is -2.25. The average Bonchev–Trinajstić information content (AvgIpc) is 3.06. The highest BCUT2D eigenvalue weighted by Gasteiger charge is 2.36. The Morgan fingerprint density at radius 1 is 1.29 bits per heavy atom. The minimum Gasteiger partial charge on any atom is -0.383 e. The van der Waals surface area contributed by atoms with Gasteiger partial charge in [-0.2, -0.15) is 0 Å². The van der Waals surface area contributed by atoms with Crippen LogP contribution in [-0.4, -0.2) is 33.4 Å². The fourth-order valence-electron chi connectivity index (χ4n) is 3.84. The van der Waals surface area contributed by atoms with Crippen LogP contribution in [-0.2, 0) is 11.3 Å². The van der Waals surface area contributed by atoms with Crippen molar-refractivity contribution >= 4 is 17.3 Å². The summed E-state index contributed by atoms with van der Waals surface area (Å²) in [5.41, 5.74) is 2.55. The minimum atomic E-state index is 0.730. The maximum atomic E-state index is 6.44. The van der Waals surface area contributed by atoms with Crippen LogP contribution in [0.1, 0.15) is 24.8 Å². The maximum absolute atomic E-state index is 6.44. The number of nitrogens with zero attached hydrogens (tertiary/aromatic N) is 1. The number of anilines is 1. The molecule has 0 aromatic heterocycles. The van der Waals surface area contributed by atoms with Gasteiger partial charge in [0.2, 0.25) is 0 Å². The lowest BCUT2D eigenvalue weighted by molar-refractivity contribution is 0.199. The lowest BCUT2D eigenvalue weighted by Gasteiger charge is -2.24. The number of nitrogens with one attached hydrogen (secondary N) is 1. The first-order valence-corrected chi connectivity index (χ1v) is 8.39. The van der Waals surface area contributed by atoms with Crippen molar-refractivity contribution in [1.29, 1.82) is 0 Å². The van der Waals surface area contributed by atoms with Gasteiger partial charge in [0, 0.05) is 49.6 Å². The first-order chi connectivity index (χ1) is 10.3. The van der Waals surface area contributed by atoms with Crippen LogP contribution in [0.4, 0.5) is 5.69 Å². The highest BCUT2D eigenvalue weighted by atomic mass is 35.5. The van der Waals surface area contributed by atoms with Gasteiger partial charge in [-0.05, 0) is 36.8 Å². The Hall–Kier alpha value is -0.770. The summed E-state index contributed by atoms with van der Waals surface area (Å²) in [4.78, 5) is 2.55. The molecule has 21 heavy (non-hydrogen) atoms. The molecule has 116 valence electrons. The molecule has 1 saturated carbocycles. The van der Waals surface area contributed by atoms with Crippen molar-refractivity contribution < 1.29 is 4.74 Å². The Morgan fingerprint density at radius 3 is 2.76 bits per heavy atom. The third kappa shape index (κ3) is 3.36. The molecule has 0 bridgehead atoms. The molecule has 1 aliphatic carbocycles. The van der Waals surface area contributed by atoms with E-state index in [0.29, 0.717) is 0 Å². The molecule has 2 unspecified atom stereocenters. The second-order valence-corrected chi connectivity index (χ2v) is 6.67. The molecule has 0 spiro atoms. The maximum Gasteiger partial charge on any atom is 0.0587 e. The predicted molar refractivity (Wildman–Crippen MR) is 88.1 cm³/mol. The summed E-state index contributed by atoms with van der Waals surface area (Å²) < 4.78 is 5.08. The van der Waals surface area contributed by atoms with E-state index in [0.717, 1.165) is 36.6 Å². The fourth-order valence-corrected chi connectivity index (χ4v) is 4.07. The Bertz CT molecular complexity index is 468. The van der Waals surface area contributed by atoms with Crippen LogP contribution < -0.4 is 10.2 Å². The Labute approximate surface area is 132 Å². The number of rotatable bonds is 6. The molecule has 1 saturated heterocycles. The SMILES string of the molecule is COCCNCc1c(Cl)cccc1N1CC2CCCC2C1. The normalized spacial score (nSPS) is 24.6. The third-order valence-electron chi connectivity index (χ3n) is 4.95. The van der Waals surface area contributed by atoms with Gasteiger partial charge in [-0.1, -0.05) is 24.1 Å². The van der Waals surface area contributed by atoms with Crippen molar-refractivity contribution in [3.8, 4) is 0 Å². The summed E-state index contributed by atoms with van der Waals surface area (Å²) >= 11 is 6.44. The molecule has 3 rings (SSSR count). The number of benzene rings is 1. The predicted octanol–water partition coefficient (Wildman–Crippen LogP) is 3.31. The molecule has 2 aliphatic rings. The smallest absolute Gasteiger partial charge is 0.0587 e. The van der Waals surface area contributed by atoms with Crippen LogP contribution in [0.25, 0.3) is 0 Å². The molecule has 1 aromatic carbocycles. The number of methoxy groups -OCH3 is 1. The number of halogens is 1. The van der Waals surface area contributed by atoms with Crippen molar-refractivity contribution in [1.82, 2.24) is 5.32 Å². The van der Waals surface area contributed by atoms with E-state index in [-0.39, 0.29) is 0 Å². The molecule has 1 aliphatic heterocycles. The van der Waals surface area contributed by atoms with Gasteiger partial charge in [-0.15, -0.1) is 0 Å². The fraction of sp³-hybridized carbons (Fsp3) is 0.647. The van der Waals surface area contributed by atoms with Gasteiger partial charge in [0.15, 0.2) is 0 Å². The molecule has 1 heterocycles. The van der Waals surface area contributed by atoms with E-state index in [1.54, 1.807) is 7.11 Å². The Morgan fingerprint density at radius 2 is 2.05 bits per heavy atom. The number of ether oxygens (including phenoxy) is 1. The van der Waals surface area contributed by atoms with Crippen molar-refractivity contribution in [3.63, 3.8) is 0 Å². The topological polar surface area (TPSA) is 24.5 Å². The van der Waals surface area contributed by atoms with Crippen LogP contribution in [0.15, 0.2) is 18.2 Å². The van der Waals surface area contributed by atoms with Gasteiger partial charge in [-0.3, -0.25) is 0 Å². The van der Waals surface area contributed by atoms with Gasteiger partial charge in [0.05, 0.1) is 6.61 Å². The van der Waals surface area contributed by atoms with E-state index in [9.17, 15) is 0 Å². The molecular weight excluding hydrogens is 284 g/mol. The molecule has 3 nitrogen and oxygen atoms in total. The summed E-state index contributed by atoms with van der Waals surface area (Å²) in [6.07, 6.45) is 4.23. The van der Waals surface area contributed by atoms with Crippen molar-refractivity contribution in [3.05, 3.63) is 28.8 Å². The van der Waals surface area contributed by atoms with E-state index in [1.165, 1.54) is 43.6 Å². The van der Waals surface area contributed by atoms with Crippen molar-refractivity contribution in [2.24, 2.45) is 11.8 Å². The highest BCUT2D eigenvalue weighted by Crippen LogP contribution is 2.41. The molecular formula is C17H25ClN2O. The van der Waals surface area contributed by atoms with Crippen LogP contribution in [0.2, 0.25) is 5.02 Å². The number of fused-ring (bicyclic) bond motifs is 1. The zero-order valence-corrected chi connectivity index (χ0v) is 13.5. The number of hydrogen-bond acceptors (Lipinski definition) is 3. The molecule has 1 N–H and O–H groups in total. The summed E-state index contributed by atoms with van der Waals surface area (Å²) in [5, 5.41) is 4.29. The summed E-state index contributed by atoms with van der Waals surface area (Å²) in [7, 11) is 1.73. The largest absolute Gasteiger partial charge is 0.383 e. The molecule has 2 fully saturated rings. The second-order valence-electron chi connectivity index (χ2n) is 6.26. The van der Waals surface area contributed by atoms with Crippen LogP contribution in [0.5, 0.6) is 0 Å². The first-order valence-electron chi connectivity index (χ1n) is 8.01. The van der Waals surface area contributed by atoms with Crippen LogP contribution >= 0.6 is 11.6 Å². The molecule has 4 heteroatoms. The van der Waals surface area contributed by atoms with Gasteiger partial charge < -0.3 is 15.0 Å². The quantitative estimate of drug-likeness (QED) is 0.816. The van der Waals surface area contributed by atoms with E-state index in [2.05, 4.69) is 22.3 Å². The third-order valence-corrected chi connectivity index (χ3v) is 5.30. The van der Waals surface area contributed by atoms with Gasteiger partial charge >= 0.3 is 0 Å². The van der Waals surface area contributed by atoms with E-state index in [1.807, 2.05) is 6.07 Å². The van der Waals surface area contributed by atoms with E-state index < -0.39 is 0 Å². The van der Waals surface area contributed by atoms with Crippen molar-refractivity contribution in [2.45, 2.75) is 25.8 Å². The summed E-state index contributed by atoms with van der Waals surface area (Å²) in [6, 6.07) is 6.29. The lowest BCUT2D eigenvalue weighted by atomic mass is 10.0. The minimum absolute atomic E-state index is 0.730. The van der Waals surface area contributed by atoms with Crippen molar-refractivity contribution in [2.75, 3.05) is 38.3 Å². The van der Waals surface area contributed by atoms with Crippen LogP contribution in [0, 0.1) is 11.8 Å². The molecule has 0 radical (unpaired) electrons. The summed E-state index contributed by atoms with van der Waals surface area (Å²) in [6.45, 7) is 4.80. The monoisotopic (exact) mass is 308 g/mol. The second kappa shape index (κ2) is 6.99. The van der Waals surface area contributed by atoms with E-state index >= 15 is 0 Å². The first kappa shape index (κ1) is 15.1. The standard InChI is InChI=1S/C17H25ClN2O/c1-21-9-8-19-10-15-16(18)6-3-7-17(15)20-11-13-4-2-5-14(13)12-20/h3,6-7,13-14,19H,2,4-5,8-12H2,1H3. The zero-order valence-electron chi connectivity index (χ0n) is 12.8. The molecule has 0 amide bonds. The average molecular weight is 309 g/mol. The Kier molecular flexibility index (Phi) is 5.04. The van der Waals surface area contributed by atoms with Crippen LogP contribution in [0.3, 0.4) is 0 Å². The Balaban J connectivity index is 1.71. The molecule has 1 aromatic rings. The van der Waals surface area contributed by atoms with Gasteiger partial charge in [0.1, 0.15) is 0 Å². The zero-order chi connectivity index (χ0) is 14.7.